The van der Waals surface area contributed by atoms with Crippen molar-refractivity contribution in [1.82, 2.24) is 18.7 Å². The van der Waals surface area contributed by atoms with Crippen LogP contribution in [0.25, 0.3) is 11.2 Å². The number of aryl methyl sites for hydroxylation is 2. The molecular formula is C16H19N5O3. The van der Waals surface area contributed by atoms with Gasteiger partial charge in [0.25, 0.3) is 5.56 Å². The third kappa shape index (κ3) is 2.61. The molecule has 2 aromatic heterocycles. The Labute approximate surface area is 137 Å². The molecule has 1 aromatic carbocycles. The first kappa shape index (κ1) is 16.0. The number of benzene rings is 1. The summed E-state index contributed by atoms with van der Waals surface area (Å²) in [5, 5.41) is 11.9. The molecule has 8 nitrogen and oxygen atoms in total. The van der Waals surface area contributed by atoms with E-state index in [1.165, 1.54) is 9.13 Å². The summed E-state index contributed by atoms with van der Waals surface area (Å²) in [7, 11) is 3.29. The number of hydrogen-bond donors (Lipinski definition) is 2. The van der Waals surface area contributed by atoms with Crippen molar-refractivity contribution in [2.75, 3.05) is 18.5 Å². The van der Waals surface area contributed by atoms with Gasteiger partial charge in [0.1, 0.15) is 0 Å². The summed E-state index contributed by atoms with van der Waals surface area (Å²) in [5.74, 6) is 0.434. The van der Waals surface area contributed by atoms with Crippen molar-refractivity contribution >= 4 is 17.1 Å². The standard InChI is InChI=1S/C16H19N5O3/c1-19-12-13(18-15(19)17-8-9-22)20(2)16(24)21(14(12)23)10-11-6-4-3-5-7-11/h3-7,22H,8-10H2,1-2H3,(H,17,18). The monoisotopic (exact) mass is 329 g/mol. The summed E-state index contributed by atoms with van der Waals surface area (Å²) < 4.78 is 4.17. The molecule has 0 aliphatic rings. The highest BCUT2D eigenvalue weighted by Crippen LogP contribution is 2.13. The molecule has 0 radical (unpaired) electrons. The van der Waals surface area contributed by atoms with Crippen LogP contribution in [-0.4, -0.2) is 36.9 Å². The topological polar surface area (TPSA) is 94.1 Å². The van der Waals surface area contributed by atoms with Gasteiger partial charge in [0.2, 0.25) is 5.95 Å². The Balaban J connectivity index is 2.19. The van der Waals surface area contributed by atoms with Crippen LogP contribution < -0.4 is 16.6 Å². The summed E-state index contributed by atoms with van der Waals surface area (Å²) in [6.07, 6.45) is 0. The van der Waals surface area contributed by atoms with Crippen molar-refractivity contribution in [1.29, 1.82) is 0 Å². The summed E-state index contributed by atoms with van der Waals surface area (Å²) in [4.78, 5) is 29.7. The van der Waals surface area contributed by atoms with Crippen molar-refractivity contribution < 1.29 is 5.11 Å². The van der Waals surface area contributed by atoms with Crippen molar-refractivity contribution in [2.24, 2.45) is 14.1 Å². The van der Waals surface area contributed by atoms with E-state index in [1.54, 1.807) is 18.7 Å². The molecule has 0 atom stereocenters. The quantitative estimate of drug-likeness (QED) is 0.681. The van der Waals surface area contributed by atoms with Crippen LogP contribution in [0.5, 0.6) is 0 Å². The summed E-state index contributed by atoms with van der Waals surface area (Å²) >= 11 is 0. The largest absolute Gasteiger partial charge is 0.395 e. The Morgan fingerprint density at radius 2 is 1.83 bits per heavy atom. The zero-order chi connectivity index (χ0) is 17.3. The zero-order valence-corrected chi connectivity index (χ0v) is 13.6. The van der Waals surface area contributed by atoms with Crippen molar-refractivity contribution in [3.63, 3.8) is 0 Å². The van der Waals surface area contributed by atoms with Gasteiger partial charge in [-0.2, -0.15) is 4.98 Å². The molecule has 0 spiro atoms. The summed E-state index contributed by atoms with van der Waals surface area (Å²) in [6, 6.07) is 9.35. The Morgan fingerprint density at radius 3 is 2.50 bits per heavy atom. The fourth-order valence-corrected chi connectivity index (χ4v) is 2.67. The molecule has 0 bridgehead atoms. The molecule has 3 rings (SSSR count). The molecule has 0 saturated carbocycles. The SMILES string of the molecule is Cn1c(NCCO)nc2c1c(=O)n(Cc1ccccc1)c(=O)n2C. The molecule has 0 aliphatic carbocycles. The van der Waals surface area contributed by atoms with E-state index in [0.717, 1.165) is 5.56 Å². The van der Waals surface area contributed by atoms with Crippen LogP contribution in [0.2, 0.25) is 0 Å². The fourth-order valence-electron chi connectivity index (χ4n) is 2.67. The van der Waals surface area contributed by atoms with Gasteiger partial charge in [-0.25, -0.2) is 4.79 Å². The number of hydrogen-bond acceptors (Lipinski definition) is 5. The molecule has 24 heavy (non-hydrogen) atoms. The van der Waals surface area contributed by atoms with E-state index >= 15 is 0 Å². The van der Waals surface area contributed by atoms with Gasteiger partial charge in [-0.15, -0.1) is 0 Å². The van der Waals surface area contributed by atoms with Gasteiger partial charge in [0.15, 0.2) is 11.2 Å². The van der Waals surface area contributed by atoms with Crippen LogP contribution in [0.1, 0.15) is 5.56 Å². The molecule has 0 saturated heterocycles. The lowest BCUT2D eigenvalue weighted by atomic mass is 10.2. The second kappa shape index (κ2) is 6.32. The van der Waals surface area contributed by atoms with Crippen LogP contribution in [-0.2, 0) is 20.6 Å². The number of aliphatic hydroxyl groups excluding tert-OH is 1. The van der Waals surface area contributed by atoms with E-state index in [1.807, 2.05) is 30.3 Å². The zero-order valence-electron chi connectivity index (χ0n) is 13.6. The minimum absolute atomic E-state index is 0.0552. The molecule has 2 heterocycles. The van der Waals surface area contributed by atoms with Crippen LogP contribution in [0.3, 0.4) is 0 Å². The Morgan fingerprint density at radius 1 is 1.12 bits per heavy atom. The lowest BCUT2D eigenvalue weighted by molar-refractivity contribution is 0.310. The van der Waals surface area contributed by atoms with Gasteiger partial charge in [-0.3, -0.25) is 13.9 Å². The minimum Gasteiger partial charge on any atom is -0.395 e. The third-order valence-electron chi connectivity index (χ3n) is 3.94. The molecule has 0 unspecified atom stereocenters. The first-order valence-corrected chi connectivity index (χ1v) is 7.59. The van der Waals surface area contributed by atoms with E-state index in [4.69, 9.17) is 5.11 Å². The Hall–Kier alpha value is -2.87. The highest BCUT2D eigenvalue weighted by Gasteiger charge is 2.18. The smallest absolute Gasteiger partial charge is 0.332 e. The molecule has 126 valence electrons. The number of imidazole rings is 1. The Bertz CT molecular complexity index is 985. The van der Waals surface area contributed by atoms with Crippen LogP contribution in [0.15, 0.2) is 39.9 Å². The van der Waals surface area contributed by atoms with Gasteiger partial charge in [-0.1, -0.05) is 30.3 Å². The van der Waals surface area contributed by atoms with E-state index in [0.29, 0.717) is 23.7 Å². The fraction of sp³-hybridized carbons (Fsp3) is 0.312. The molecule has 3 aromatic rings. The van der Waals surface area contributed by atoms with Crippen molar-refractivity contribution in [3.8, 4) is 0 Å². The van der Waals surface area contributed by atoms with Gasteiger partial charge in [0, 0.05) is 20.6 Å². The molecule has 2 N–H and O–H groups in total. The number of aromatic nitrogens is 4. The van der Waals surface area contributed by atoms with Gasteiger partial charge < -0.3 is 15.0 Å². The van der Waals surface area contributed by atoms with E-state index in [-0.39, 0.29) is 18.7 Å². The van der Waals surface area contributed by atoms with Crippen molar-refractivity contribution in [3.05, 3.63) is 56.7 Å². The number of fused-ring (bicyclic) bond motifs is 1. The average Bonchev–Trinajstić information content (AvgIpc) is 2.93. The number of nitrogens with zero attached hydrogens (tertiary/aromatic N) is 4. The van der Waals surface area contributed by atoms with E-state index in [2.05, 4.69) is 10.3 Å². The van der Waals surface area contributed by atoms with Gasteiger partial charge in [0.05, 0.1) is 13.2 Å². The predicted molar refractivity (Wildman–Crippen MR) is 91.3 cm³/mol. The first-order chi connectivity index (χ1) is 11.5. The lowest BCUT2D eigenvalue weighted by Gasteiger charge is -2.08. The maximum absolute atomic E-state index is 12.8. The predicted octanol–water partition coefficient (Wildman–Crippen LogP) is -0.114. The molecule has 8 heteroatoms. The first-order valence-electron chi connectivity index (χ1n) is 7.59. The molecule has 0 fully saturated rings. The van der Waals surface area contributed by atoms with E-state index in [9.17, 15) is 9.59 Å². The number of nitrogens with one attached hydrogen (secondary N) is 1. The number of rotatable bonds is 5. The summed E-state index contributed by atoms with van der Waals surface area (Å²) in [5.41, 5.74) is 0.731. The van der Waals surface area contributed by atoms with Crippen molar-refractivity contribution in [2.45, 2.75) is 6.54 Å². The molecule has 0 aliphatic heterocycles. The lowest BCUT2D eigenvalue weighted by Crippen LogP contribution is -2.39. The normalized spacial score (nSPS) is 11.1. The third-order valence-corrected chi connectivity index (χ3v) is 3.94. The maximum atomic E-state index is 12.8. The second-order valence-corrected chi connectivity index (χ2v) is 5.54. The molecular weight excluding hydrogens is 310 g/mol. The maximum Gasteiger partial charge on any atom is 0.332 e. The Kier molecular flexibility index (Phi) is 4.22. The van der Waals surface area contributed by atoms with Crippen LogP contribution in [0.4, 0.5) is 5.95 Å². The van der Waals surface area contributed by atoms with E-state index < -0.39 is 5.69 Å². The molecule has 0 amide bonds. The highest BCUT2D eigenvalue weighted by atomic mass is 16.3. The number of anilines is 1. The van der Waals surface area contributed by atoms with Crippen LogP contribution in [0, 0.1) is 0 Å². The van der Waals surface area contributed by atoms with Gasteiger partial charge in [-0.05, 0) is 5.56 Å². The van der Waals surface area contributed by atoms with Crippen LogP contribution >= 0.6 is 0 Å². The highest BCUT2D eigenvalue weighted by molar-refractivity contribution is 5.74. The van der Waals surface area contributed by atoms with Gasteiger partial charge >= 0.3 is 5.69 Å². The minimum atomic E-state index is -0.414. The average molecular weight is 329 g/mol. The second-order valence-electron chi connectivity index (χ2n) is 5.54. The number of aliphatic hydroxyl groups is 1. The summed E-state index contributed by atoms with van der Waals surface area (Å²) in [6.45, 7) is 0.455.